The van der Waals surface area contributed by atoms with Gasteiger partial charge in [0, 0.05) is 51.1 Å². The minimum atomic E-state index is -0.0310. The number of carbonyl (C=O) groups is 1. The molecule has 2 aromatic heterocycles. The first-order valence-electron chi connectivity index (χ1n) is 13.3. The molecule has 1 saturated heterocycles. The maximum Gasteiger partial charge on any atom is 0.238 e. The van der Waals surface area contributed by atoms with Gasteiger partial charge in [0.2, 0.25) is 11.9 Å². The first-order valence-corrected chi connectivity index (χ1v) is 13.6. The molecule has 2 aliphatic rings. The number of carbonyl (C=O) groups excluding carboxylic acids is 1. The van der Waals surface area contributed by atoms with Crippen LogP contribution in [0.5, 0.6) is 11.5 Å². The Morgan fingerprint density at radius 3 is 2.84 bits per heavy atom. The van der Waals surface area contributed by atoms with E-state index in [1.54, 1.807) is 29.4 Å². The van der Waals surface area contributed by atoms with Gasteiger partial charge in [0.25, 0.3) is 0 Å². The molecular formula is C27H34ClN7O3. The average molecular weight is 540 g/mol. The summed E-state index contributed by atoms with van der Waals surface area (Å²) in [5.74, 6) is 2.74. The van der Waals surface area contributed by atoms with Crippen LogP contribution >= 0.6 is 11.6 Å². The van der Waals surface area contributed by atoms with Gasteiger partial charge >= 0.3 is 0 Å². The first-order chi connectivity index (χ1) is 18.6. The van der Waals surface area contributed by atoms with Crippen molar-refractivity contribution in [1.29, 1.82) is 0 Å². The number of fused-ring (bicyclic) bond motifs is 1. The second-order valence-electron chi connectivity index (χ2n) is 9.60. The van der Waals surface area contributed by atoms with E-state index in [1.165, 1.54) is 0 Å². The number of hydrogen-bond acceptors (Lipinski definition) is 8. The van der Waals surface area contributed by atoms with E-state index in [2.05, 4.69) is 32.0 Å². The fourth-order valence-corrected chi connectivity index (χ4v) is 5.06. The van der Waals surface area contributed by atoms with Crippen LogP contribution < -0.4 is 19.7 Å². The van der Waals surface area contributed by atoms with E-state index < -0.39 is 0 Å². The average Bonchev–Trinajstić information content (AvgIpc) is 3.47. The van der Waals surface area contributed by atoms with Crippen molar-refractivity contribution in [3.63, 3.8) is 0 Å². The summed E-state index contributed by atoms with van der Waals surface area (Å²) in [6.45, 7) is 7.36. The molecule has 1 fully saturated rings. The highest BCUT2D eigenvalue weighted by atomic mass is 35.5. The monoisotopic (exact) mass is 539 g/mol. The van der Waals surface area contributed by atoms with E-state index in [1.807, 2.05) is 18.2 Å². The van der Waals surface area contributed by atoms with Gasteiger partial charge in [0.1, 0.15) is 30.5 Å². The smallest absolute Gasteiger partial charge is 0.238 e. The molecule has 4 heterocycles. The largest absolute Gasteiger partial charge is 0.486 e. The summed E-state index contributed by atoms with van der Waals surface area (Å²) in [7, 11) is 0. The lowest BCUT2D eigenvalue weighted by molar-refractivity contribution is -0.121. The standard InChI is InChI=1S/C27H34ClN7O3/c1-2-3-9-33-11-12-35(25-17-24(28)31-27(32-25)34-10-8-29-19-34)21(18-33)16-26(36)30-7-6-20-4-5-22-23(15-20)38-14-13-37-22/h4-5,8,10,15,17,19,21H,2-3,6-7,9,11-14,16,18H2,1H3,(H,30,36). The Hall–Kier alpha value is -3.37. The van der Waals surface area contributed by atoms with E-state index in [0.717, 1.165) is 68.3 Å². The molecule has 0 spiro atoms. The number of rotatable bonds is 10. The minimum Gasteiger partial charge on any atom is -0.486 e. The Bertz CT molecular complexity index is 1220. The molecular weight excluding hydrogens is 506 g/mol. The number of unbranched alkanes of at least 4 members (excludes halogenated alkanes) is 1. The van der Waals surface area contributed by atoms with Crippen molar-refractivity contribution in [1.82, 2.24) is 29.7 Å². The number of piperazine rings is 1. The fourth-order valence-electron chi connectivity index (χ4n) is 4.89. The lowest BCUT2D eigenvalue weighted by Crippen LogP contribution is -2.55. The minimum absolute atomic E-state index is 0.0184. The predicted octanol–water partition coefficient (Wildman–Crippen LogP) is 3.13. The number of benzene rings is 1. The lowest BCUT2D eigenvalue weighted by atomic mass is 10.1. The molecule has 10 nitrogen and oxygen atoms in total. The van der Waals surface area contributed by atoms with Crippen molar-refractivity contribution >= 4 is 23.3 Å². The zero-order chi connectivity index (χ0) is 26.3. The van der Waals surface area contributed by atoms with Gasteiger partial charge in [-0.15, -0.1) is 0 Å². The van der Waals surface area contributed by atoms with Crippen molar-refractivity contribution in [2.45, 2.75) is 38.6 Å². The van der Waals surface area contributed by atoms with E-state index in [9.17, 15) is 4.79 Å². The van der Waals surface area contributed by atoms with Gasteiger partial charge in [-0.3, -0.25) is 14.3 Å². The molecule has 0 radical (unpaired) electrons. The molecule has 5 rings (SSSR count). The molecule has 1 aromatic carbocycles. The van der Waals surface area contributed by atoms with Gasteiger partial charge in [-0.05, 0) is 37.1 Å². The van der Waals surface area contributed by atoms with Crippen LogP contribution in [0.3, 0.4) is 0 Å². The Morgan fingerprint density at radius 1 is 1.16 bits per heavy atom. The van der Waals surface area contributed by atoms with Crippen LogP contribution in [0.1, 0.15) is 31.7 Å². The number of ether oxygens (including phenoxy) is 2. The van der Waals surface area contributed by atoms with E-state index in [0.29, 0.717) is 37.3 Å². The summed E-state index contributed by atoms with van der Waals surface area (Å²) >= 11 is 6.39. The van der Waals surface area contributed by atoms with Crippen molar-refractivity contribution < 1.29 is 14.3 Å². The molecule has 38 heavy (non-hydrogen) atoms. The van der Waals surface area contributed by atoms with Crippen molar-refractivity contribution in [2.75, 3.05) is 50.8 Å². The van der Waals surface area contributed by atoms with Crippen LogP contribution in [-0.2, 0) is 11.2 Å². The van der Waals surface area contributed by atoms with E-state index >= 15 is 0 Å². The number of aromatic nitrogens is 4. The fraction of sp³-hybridized carbons (Fsp3) is 0.481. The Morgan fingerprint density at radius 2 is 2.03 bits per heavy atom. The Kier molecular flexibility index (Phi) is 8.60. The van der Waals surface area contributed by atoms with Crippen LogP contribution in [0.4, 0.5) is 5.82 Å². The Labute approximate surface area is 227 Å². The SMILES string of the molecule is CCCCN1CCN(c2cc(Cl)nc(-n3ccnc3)n2)C(CC(=O)NCCc2ccc3c(c2)OCCO3)C1. The molecule has 0 bridgehead atoms. The molecule has 1 amide bonds. The molecule has 11 heteroatoms. The van der Waals surface area contributed by atoms with Gasteiger partial charge in [-0.2, -0.15) is 4.98 Å². The second kappa shape index (κ2) is 12.4. The summed E-state index contributed by atoms with van der Waals surface area (Å²) in [6, 6.07) is 7.69. The van der Waals surface area contributed by atoms with Crippen LogP contribution in [0, 0.1) is 0 Å². The number of hydrogen-bond donors (Lipinski definition) is 1. The van der Waals surface area contributed by atoms with Crippen LogP contribution in [0.2, 0.25) is 5.15 Å². The third kappa shape index (κ3) is 6.54. The molecule has 1 atom stereocenters. The third-order valence-corrected chi connectivity index (χ3v) is 7.05. The molecule has 3 aromatic rings. The quantitative estimate of drug-likeness (QED) is 0.392. The molecule has 0 aliphatic carbocycles. The van der Waals surface area contributed by atoms with Gasteiger partial charge in [-0.1, -0.05) is 31.0 Å². The predicted molar refractivity (Wildman–Crippen MR) is 145 cm³/mol. The van der Waals surface area contributed by atoms with Crippen LogP contribution in [-0.4, -0.2) is 82.3 Å². The normalized spacial score (nSPS) is 17.4. The molecule has 0 saturated carbocycles. The zero-order valence-electron chi connectivity index (χ0n) is 21.7. The molecule has 1 unspecified atom stereocenters. The number of nitrogens with zero attached hydrogens (tertiary/aromatic N) is 6. The number of imidazole rings is 1. The zero-order valence-corrected chi connectivity index (χ0v) is 22.4. The van der Waals surface area contributed by atoms with Gasteiger partial charge < -0.3 is 19.7 Å². The molecule has 202 valence electrons. The van der Waals surface area contributed by atoms with Crippen LogP contribution in [0.25, 0.3) is 5.95 Å². The highest BCUT2D eigenvalue weighted by Crippen LogP contribution is 2.31. The summed E-state index contributed by atoms with van der Waals surface area (Å²) in [4.78, 5) is 30.9. The number of nitrogens with one attached hydrogen (secondary N) is 1. The van der Waals surface area contributed by atoms with Crippen molar-refractivity contribution in [3.8, 4) is 17.4 Å². The third-order valence-electron chi connectivity index (χ3n) is 6.86. The van der Waals surface area contributed by atoms with Gasteiger partial charge in [0.05, 0.1) is 6.04 Å². The first kappa shape index (κ1) is 26.2. The number of anilines is 1. The molecule has 2 aliphatic heterocycles. The van der Waals surface area contributed by atoms with Gasteiger partial charge in [0.15, 0.2) is 11.5 Å². The highest BCUT2D eigenvalue weighted by molar-refractivity contribution is 6.29. The maximum absolute atomic E-state index is 13.1. The highest BCUT2D eigenvalue weighted by Gasteiger charge is 2.30. The topological polar surface area (TPSA) is 97.6 Å². The van der Waals surface area contributed by atoms with E-state index in [4.69, 9.17) is 26.1 Å². The van der Waals surface area contributed by atoms with Crippen molar-refractivity contribution in [2.24, 2.45) is 0 Å². The second-order valence-corrected chi connectivity index (χ2v) is 9.99. The summed E-state index contributed by atoms with van der Waals surface area (Å²) in [5.41, 5.74) is 1.10. The van der Waals surface area contributed by atoms with Crippen molar-refractivity contribution in [3.05, 3.63) is 53.7 Å². The van der Waals surface area contributed by atoms with Crippen LogP contribution in [0.15, 0.2) is 43.0 Å². The summed E-state index contributed by atoms with van der Waals surface area (Å²) in [5, 5.41) is 3.46. The van der Waals surface area contributed by atoms with Gasteiger partial charge in [-0.25, -0.2) is 9.97 Å². The Balaban J connectivity index is 1.24. The maximum atomic E-state index is 13.1. The summed E-state index contributed by atoms with van der Waals surface area (Å²) < 4.78 is 13.0. The number of halogens is 1. The van der Waals surface area contributed by atoms with E-state index in [-0.39, 0.29) is 11.9 Å². The summed E-state index contributed by atoms with van der Waals surface area (Å²) in [6.07, 6.45) is 8.46. The lowest BCUT2D eigenvalue weighted by Gasteiger charge is -2.42. The molecule has 1 N–H and O–H groups in total. The number of amides is 1.